The minimum absolute atomic E-state index is 0.230. The van der Waals surface area contributed by atoms with Crippen LogP contribution in [0.15, 0.2) is 41.0 Å². The molecule has 1 atom stereocenters. The Balaban J connectivity index is 1.16. The van der Waals surface area contributed by atoms with Gasteiger partial charge in [0.05, 0.1) is 12.2 Å². The summed E-state index contributed by atoms with van der Waals surface area (Å²) in [5.41, 5.74) is 1.05. The number of hydrogen-bond acceptors (Lipinski definition) is 7. The smallest absolute Gasteiger partial charge is 0.410 e. The fraction of sp³-hybridized carbons (Fsp3) is 0.483. The summed E-state index contributed by atoms with van der Waals surface area (Å²) in [4.78, 5) is 38.1. The monoisotopic (exact) mass is 521 g/mol. The van der Waals surface area contributed by atoms with Crippen LogP contribution in [0.1, 0.15) is 57.9 Å². The number of hydrogen-bond donors (Lipinski definition) is 2. The van der Waals surface area contributed by atoms with E-state index in [0.717, 1.165) is 40.3 Å². The van der Waals surface area contributed by atoms with Gasteiger partial charge in [-0.25, -0.2) is 4.79 Å². The second kappa shape index (κ2) is 10.6. The van der Waals surface area contributed by atoms with Gasteiger partial charge in [-0.15, -0.1) is 0 Å². The van der Waals surface area contributed by atoms with E-state index in [1.807, 2.05) is 51.1 Å². The second-order valence-corrected chi connectivity index (χ2v) is 11.1. The molecule has 2 aliphatic heterocycles. The van der Waals surface area contributed by atoms with Crippen molar-refractivity contribution in [2.45, 2.75) is 64.0 Å². The van der Waals surface area contributed by atoms with Crippen molar-refractivity contribution in [1.29, 1.82) is 0 Å². The van der Waals surface area contributed by atoms with Crippen molar-refractivity contribution < 1.29 is 28.3 Å². The Kier molecular flexibility index (Phi) is 7.29. The third kappa shape index (κ3) is 5.78. The van der Waals surface area contributed by atoms with E-state index in [1.165, 1.54) is 0 Å². The van der Waals surface area contributed by atoms with Crippen LogP contribution in [-0.2, 0) is 14.3 Å². The molecule has 2 saturated heterocycles. The van der Waals surface area contributed by atoms with Gasteiger partial charge < -0.3 is 24.1 Å². The molecule has 2 aliphatic rings. The third-order valence-corrected chi connectivity index (χ3v) is 7.12. The van der Waals surface area contributed by atoms with Gasteiger partial charge in [0, 0.05) is 43.0 Å². The molecule has 2 aromatic carbocycles. The molecule has 202 valence electrons. The molecule has 0 aliphatic carbocycles. The zero-order valence-corrected chi connectivity index (χ0v) is 22.2. The highest BCUT2D eigenvalue weighted by Gasteiger charge is 2.31. The fourth-order valence-corrected chi connectivity index (χ4v) is 5.23. The number of nitrogens with zero attached hydrogens (tertiary/aromatic N) is 1. The molecule has 3 amide bonds. The van der Waals surface area contributed by atoms with Gasteiger partial charge in [-0.05, 0) is 75.1 Å². The van der Waals surface area contributed by atoms with E-state index < -0.39 is 11.5 Å². The summed E-state index contributed by atoms with van der Waals surface area (Å²) in [7, 11) is 0. The van der Waals surface area contributed by atoms with Gasteiger partial charge in [0.15, 0.2) is 0 Å². The number of carbonyl (C=O) groups is 3. The minimum Gasteiger partial charge on any atom is -0.492 e. The van der Waals surface area contributed by atoms with Crippen molar-refractivity contribution in [3.63, 3.8) is 0 Å². The van der Waals surface area contributed by atoms with E-state index in [-0.39, 0.29) is 17.9 Å². The van der Waals surface area contributed by atoms with Crippen molar-refractivity contribution in [3.8, 4) is 5.75 Å². The van der Waals surface area contributed by atoms with Gasteiger partial charge >= 0.3 is 6.09 Å². The zero-order valence-electron chi connectivity index (χ0n) is 22.2. The lowest BCUT2D eigenvalue weighted by Crippen LogP contribution is -2.47. The highest BCUT2D eigenvalue weighted by molar-refractivity contribution is 6.10. The van der Waals surface area contributed by atoms with E-state index >= 15 is 0 Å². The van der Waals surface area contributed by atoms with E-state index in [1.54, 1.807) is 11.2 Å². The standard InChI is InChI=1S/C29H35N3O6/c1-29(2,3)38-28(35)32-13-10-19(11-14-32)30-12-15-36-20-5-6-21-18(16-20)4-8-24-26(21)23(17-37-24)22-7-9-25(33)31-27(22)34/h4-6,8,16-17,19,22,30H,7,9-15H2,1-3H3,(H,31,33,34). The Labute approximate surface area is 221 Å². The maximum atomic E-state index is 12.5. The Morgan fingerprint density at radius 3 is 2.66 bits per heavy atom. The van der Waals surface area contributed by atoms with Crippen LogP contribution in [0, 0.1) is 0 Å². The van der Waals surface area contributed by atoms with Crippen LogP contribution in [0.3, 0.4) is 0 Å². The predicted octanol–water partition coefficient (Wildman–Crippen LogP) is 4.47. The molecule has 1 aromatic heterocycles. The second-order valence-electron chi connectivity index (χ2n) is 11.1. The van der Waals surface area contributed by atoms with Crippen LogP contribution in [0.2, 0.25) is 0 Å². The lowest BCUT2D eigenvalue weighted by Gasteiger charge is -2.33. The van der Waals surface area contributed by atoms with E-state index in [9.17, 15) is 14.4 Å². The number of likely N-dealkylation sites (tertiary alicyclic amines) is 1. The van der Waals surface area contributed by atoms with E-state index in [2.05, 4.69) is 10.6 Å². The molecule has 0 bridgehead atoms. The number of rotatable bonds is 6. The number of piperidine rings is 2. The molecule has 2 fully saturated rings. The molecule has 9 heteroatoms. The van der Waals surface area contributed by atoms with Crippen molar-refractivity contribution in [1.82, 2.24) is 15.5 Å². The summed E-state index contributed by atoms with van der Waals surface area (Å²) in [6.07, 6.45) is 3.95. The number of imide groups is 1. The molecule has 5 rings (SSSR count). The molecule has 0 saturated carbocycles. The number of ether oxygens (including phenoxy) is 2. The molecule has 0 spiro atoms. The fourth-order valence-electron chi connectivity index (χ4n) is 5.23. The van der Waals surface area contributed by atoms with Crippen LogP contribution < -0.4 is 15.4 Å². The topological polar surface area (TPSA) is 110 Å². The average molecular weight is 522 g/mol. The molecule has 2 N–H and O–H groups in total. The Bertz CT molecular complexity index is 1350. The summed E-state index contributed by atoms with van der Waals surface area (Å²) < 4.78 is 17.2. The molecular weight excluding hydrogens is 486 g/mol. The molecule has 38 heavy (non-hydrogen) atoms. The number of furan rings is 1. The SMILES string of the molecule is CC(C)(C)OC(=O)N1CCC(NCCOc2ccc3c(ccc4occ(C5CCC(=O)NC5=O)c43)c2)CC1. The van der Waals surface area contributed by atoms with Crippen molar-refractivity contribution in [2.24, 2.45) is 0 Å². The lowest BCUT2D eigenvalue weighted by atomic mass is 9.89. The van der Waals surface area contributed by atoms with Gasteiger partial charge in [0.25, 0.3) is 0 Å². The lowest BCUT2D eigenvalue weighted by molar-refractivity contribution is -0.134. The Morgan fingerprint density at radius 1 is 1.13 bits per heavy atom. The molecule has 3 aromatic rings. The van der Waals surface area contributed by atoms with Crippen LogP contribution in [0.25, 0.3) is 21.7 Å². The maximum absolute atomic E-state index is 12.5. The van der Waals surface area contributed by atoms with Crippen LogP contribution in [-0.4, -0.2) is 60.7 Å². The van der Waals surface area contributed by atoms with Crippen LogP contribution in [0.5, 0.6) is 5.75 Å². The van der Waals surface area contributed by atoms with Gasteiger partial charge in [-0.1, -0.05) is 6.07 Å². The molecule has 3 heterocycles. The van der Waals surface area contributed by atoms with Gasteiger partial charge in [-0.2, -0.15) is 0 Å². The first-order valence-corrected chi connectivity index (χ1v) is 13.3. The highest BCUT2D eigenvalue weighted by Crippen LogP contribution is 2.37. The number of fused-ring (bicyclic) bond motifs is 3. The average Bonchev–Trinajstić information content (AvgIpc) is 3.30. The number of benzene rings is 2. The molecular formula is C29H35N3O6. The zero-order chi connectivity index (χ0) is 26.9. The summed E-state index contributed by atoms with van der Waals surface area (Å²) in [6, 6.07) is 10.2. The number of carbonyl (C=O) groups excluding carboxylic acids is 3. The Hall–Kier alpha value is -3.59. The van der Waals surface area contributed by atoms with E-state index in [0.29, 0.717) is 50.7 Å². The quantitative estimate of drug-likeness (QED) is 0.364. The van der Waals surface area contributed by atoms with Crippen molar-refractivity contribution >= 4 is 39.6 Å². The first-order chi connectivity index (χ1) is 18.2. The largest absolute Gasteiger partial charge is 0.492 e. The molecule has 0 radical (unpaired) electrons. The summed E-state index contributed by atoms with van der Waals surface area (Å²) in [5, 5.41) is 8.85. The first-order valence-electron chi connectivity index (χ1n) is 13.3. The van der Waals surface area contributed by atoms with Gasteiger partial charge in [0.1, 0.15) is 23.5 Å². The summed E-state index contributed by atoms with van der Waals surface area (Å²) in [5.74, 6) is -0.141. The number of amides is 3. The Morgan fingerprint density at radius 2 is 1.92 bits per heavy atom. The number of nitrogens with one attached hydrogen (secondary N) is 2. The van der Waals surface area contributed by atoms with Gasteiger partial charge in [0.2, 0.25) is 11.8 Å². The minimum atomic E-state index is -0.480. The maximum Gasteiger partial charge on any atom is 0.410 e. The van der Waals surface area contributed by atoms with E-state index in [4.69, 9.17) is 13.9 Å². The molecule has 1 unspecified atom stereocenters. The van der Waals surface area contributed by atoms with Crippen LogP contribution >= 0.6 is 0 Å². The van der Waals surface area contributed by atoms with Crippen LogP contribution in [0.4, 0.5) is 4.79 Å². The van der Waals surface area contributed by atoms with Crippen molar-refractivity contribution in [3.05, 3.63) is 42.2 Å². The molecule has 9 nitrogen and oxygen atoms in total. The normalized spacial score (nSPS) is 19.1. The third-order valence-electron chi connectivity index (χ3n) is 7.12. The van der Waals surface area contributed by atoms with Crippen molar-refractivity contribution in [2.75, 3.05) is 26.2 Å². The summed E-state index contributed by atoms with van der Waals surface area (Å²) >= 11 is 0. The highest BCUT2D eigenvalue weighted by atomic mass is 16.6. The predicted molar refractivity (Wildman–Crippen MR) is 143 cm³/mol. The van der Waals surface area contributed by atoms with Gasteiger partial charge in [-0.3, -0.25) is 14.9 Å². The first kappa shape index (κ1) is 26.0. The summed E-state index contributed by atoms with van der Waals surface area (Å²) in [6.45, 7) is 8.23.